The molecule has 1 saturated heterocycles. The lowest BCUT2D eigenvalue weighted by atomic mass is 9.98. The number of rotatable bonds is 5. The van der Waals surface area contributed by atoms with Crippen molar-refractivity contribution in [3.8, 4) is 23.0 Å². The van der Waals surface area contributed by atoms with E-state index >= 15 is 0 Å². The van der Waals surface area contributed by atoms with Gasteiger partial charge in [0.25, 0.3) is 0 Å². The summed E-state index contributed by atoms with van der Waals surface area (Å²) in [4.78, 5) is 15.4. The van der Waals surface area contributed by atoms with Crippen LogP contribution in [0.15, 0.2) is 30.0 Å². The minimum Gasteiger partial charge on any atom is -0.493 e. The number of hydrogen-bond acceptors (Lipinski definition) is 7. The zero-order valence-corrected chi connectivity index (χ0v) is 18.6. The van der Waals surface area contributed by atoms with Crippen LogP contribution in [0.3, 0.4) is 0 Å². The zero-order chi connectivity index (χ0) is 22.2. The van der Waals surface area contributed by atoms with Gasteiger partial charge in [-0.25, -0.2) is 0 Å². The van der Waals surface area contributed by atoms with Crippen molar-refractivity contribution in [3.05, 3.63) is 52.3 Å². The van der Waals surface area contributed by atoms with E-state index in [-0.39, 0.29) is 11.9 Å². The number of ether oxygens (including phenoxy) is 5. The second-order valence-corrected chi connectivity index (χ2v) is 8.35. The molecule has 5 rings (SSSR count). The van der Waals surface area contributed by atoms with Gasteiger partial charge in [-0.15, -0.1) is 0 Å². The molecule has 1 unspecified atom stereocenters. The maximum Gasteiger partial charge on any atom is 0.232 e. The number of Topliss-reactive ketones (excluding diaryl/α,β-unsaturated/α-hetero) is 1. The second kappa shape index (κ2) is 8.48. The fraction of sp³-hybridized carbons (Fsp3) is 0.400. The van der Waals surface area contributed by atoms with E-state index in [0.29, 0.717) is 41.8 Å². The fourth-order valence-corrected chi connectivity index (χ4v) is 4.56. The molecule has 7 heteroatoms. The lowest BCUT2D eigenvalue weighted by molar-refractivity contribution is 0.0273. The number of carbonyl (C=O) groups is 1. The van der Waals surface area contributed by atoms with E-state index in [9.17, 15) is 4.79 Å². The SMILES string of the molecule is COc1ccc(C=C2Oc3c4c(cc(C)c3C2=O)OCN(CC2CCCO2)C4)cc1OC. The predicted octanol–water partition coefficient (Wildman–Crippen LogP) is 3.96. The molecule has 0 N–H and O–H groups in total. The molecule has 7 nitrogen and oxygen atoms in total. The first-order chi connectivity index (χ1) is 15.6. The highest BCUT2D eigenvalue weighted by Crippen LogP contribution is 2.44. The van der Waals surface area contributed by atoms with Gasteiger partial charge in [-0.1, -0.05) is 6.07 Å². The number of nitrogens with zero attached hydrogens (tertiary/aromatic N) is 1. The summed E-state index contributed by atoms with van der Waals surface area (Å²) in [7, 11) is 3.17. The van der Waals surface area contributed by atoms with Crippen molar-refractivity contribution in [2.45, 2.75) is 32.4 Å². The van der Waals surface area contributed by atoms with E-state index in [4.69, 9.17) is 23.7 Å². The van der Waals surface area contributed by atoms with Crippen LogP contribution in [0.25, 0.3) is 6.08 Å². The molecule has 0 saturated carbocycles. The van der Waals surface area contributed by atoms with Crippen molar-refractivity contribution < 1.29 is 28.5 Å². The number of carbonyl (C=O) groups excluding carboxylic acids is 1. The summed E-state index contributed by atoms with van der Waals surface area (Å²) < 4.78 is 28.6. The molecule has 0 bridgehead atoms. The van der Waals surface area contributed by atoms with E-state index in [1.54, 1.807) is 20.3 Å². The van der Waals surface area contributed by atoms with E-state index in [1.165, 1.54) is 0 Å². The van der Waals surface area contributed by atoms with E-state index in [2.05, 4.69) is 4.90 Å². The highest BCUT2D eigenvalue weighted by atomic mass is 16.5. The molecular formula is C25H27NO6. The quantitative estimate of drug-likeness (QED) is 0.656. The Morgan fingerprint density at radius 2 is 2.03 bits per heavy atom. The maximum absolute atomic E-state index is 13.2. The summed E-state index contributed by atoms with van der Waals surface area (Å²) >= 11 is 0. The Bertz CT molecular complexity index is 1090. The van der Waals surface area contributed by atoms with E-state index < -0.39 is 0 Å². The highest BCUT2D eigenvalue weighted by molar-refractivity contribution is 6.15. The molecule has 2 aromatic carbocycles. The number of fused-ring (bicyclic) bond motifs is 3. The molecule has 2 aromatic rings. The largest absolute Gasteiger partial charge is 0.493 e. The van der Waals surface area contributed by atoms with Crippen molar-refractivity contribution >= 4 is 11.9 Å². The normalized spacial score (nSPS) is 21.2. The first-order valence-corrected chi connectivity index (χ1v) is 10.9. The molecule has 0 aromatic heterocycles. The Morgan fingerprint density at radius 3 is 2.78 bits per heavy atom. The minimum atomic E-state index is -0.119. The smallest absolute Gasteiger partial charge is 0.232 e. The van der Waals surface area contributed by atoms with Crippen LogP contribution in [0, 0.1) is 6.92 Å². The Kier molecular flexibility index (Phi) is 5.53. The molecule has 32 heavy (non-hydrogen) atoms. The molecule has 0 amide bonds. The van der Waals surface area contributed by atoms with E-state index in [1.807, 2.05) is 31.2 Å². The first-order valence-electron chi connectivity index (χ1n) is 10.9. The van der Waals surface area contributed by atoms with E-state index in [0.717, 1.165) is 48.4 Å². The van der Waals surface area contributed by atoms with Gasteiger partial charge in [-0.05, 0) is 55.2 Å². The Hall–Kier alpha value is -3.03. The maximum atomic E-state index is 13.2. The van der Waals surface area contributed by atoms with Crippen LogP contribution in [0.1, 0.15) is 39.9 Å². The molecule has 168 valence electrons. The summed E-state index contributed by atoms with van der Waals surface area (Å²) in [5, 5.41) is 0. The highest BCUT2D eigenvalue weighted by Gasteiger charge is 2.36. The van der Waals surface area contributed by atoms with Crippen LogP contribution in [0.2, 0.25) is 0 Å². The van der Waals surface area contributed by atoms with Gasteiger partial charge in [0.15, 0.2) is 17.3 Å². The topological polar surface area (TPSA) is 66.5 Å². The van der Waals surface area contributed by atoms with Crippen LogP contribution in [-0.2, 0) is 11.3 Å². The van der Waals surface area contributed by atoms with Gasteiger partial charge < -0.3 is 23.7 Å². The number of aryl methyl sites for hydroxylation is 1. The van der Waals surface area contributed by atoms with Crippen molar-refractivity contribution in [1.82, 2.24) is 4.90 Å². The Labute approximate surface area is 187 Å². The second-order valence-electron chi connectivity index (χ2n) is 8.35. The number of hydrogen-bond donors (Lipinski definition) is 0. The van der Waals surface area contributed by atoms with Gasteiger partial charge in [-0.2, -0.15) is 0 Å². The summed E-state index contributed by atoms with van der Waals surface area (Å²) in [5.74, 6) is 2.78. The van der Waals surface area contributed by atoms with Crippen LogP contribution >= 0.6 is 0 Å². The number of benzene rings is 2. The van der Waals surface area contributed by atoms with Crippen molar-refractivity contribution in [3.63, 3.8) is 0 Å². The number of allylic oxidation sites excluding steroid dienone is 1. The monoisotopic (exact) mass is 437 g/mol. The van der Waals surface area contributed by atoms with Crippen LogP contribution in [0.4, 0.5) is 0 Å². The van der Waals surface area contributed by atoms with Crippen molar-refractivity contribution in [2.75, 3.05) is 34.1 Å². The average Bonchev–Trinajstić information content (AvgIpc) is 3.42. The summed E-state index contributed by atoms with van der Waals surface area (Å²) in [6, 6.07) is 7.43. The molecule has 1 atom stereocenters. The van der Waals surface area contributed by atoms with Crippen LogP contribution in [-0.4, -0.2) is 50.9 Å². The zero-order valence-electron chi connectivity index (χ0n) is 18.6. The molecule has 3 aliphatic heterocycles. The lowest BCUT2D eigenvalue weighted by Gasteiger charge is -2.31. The standard InChI is InChI=1S/C25H27NO6/c1-15-9-20-18(13-26(14-31-20)12-17-5-4-8-30-17)25-23(15)24(27)22(32-25)11-16-6-7-19(28-2)21(10-16)29-3/h6-7,9-11,17H,4-5,8,12-14H2,1-3H3. The van der Waals surface area contributed by atoms with Gasteiger partial charge in [0.1, 0.15) is 18.2 Å². The molecule has 0 radical (unpaired) electrons. The Morgan fingerprint density at radius 1 is 1.19 bits per heavy atom. The predicted molar refractivity (Wildman–Crippen MR) is 119 cm³/mol. The third-order valence-electron chi connectivity index (χ3n) is 6.18. The minimum absolute atomic E-state index is 0.119. The lowest BCUT2D eigenvalue weighted by Crippen LogP contribution is -2.37. The molecule has 1 fully saturated rings. The molecule has 0 aliphatic carbocycles. The van der Waals surface area contributed by atoms with Gasteiger partial charge in [0.05, 0.1) is 31.5 Å². The summed E-state index contributed by atoms with van der Waals surface area (Å²) in [6.07, 6.45) is 4.15. The van der Waals surface area contributed by atoms with Gasteiger partial charge in [-0.3, -0.25) is 9.69 Å². The summed E-state index contributed by atoms with van der Waals surface area (Å²) in [5.41, 5.74) is 3.17. The van der Waals surface area contributed by atoms with Crippen LogP contribution < -0.4 is 18.9 Å². The molecular weight excluding hydrogens is 410 g/mol. The van der Waals surface area contributed by atoms with Crippen molar-refractivity contribution in [2.24, 2.45) is 0 Å². The average molecular weight is 437 g/mol. The first kappa shape index (κ1) is 20.8. The summed E-state index contributed by atoms with van der Waals surface area (Å²) in [6.45, 7) is 4.72. The number of ketones is 1. The number of methoxy groups -OCH3 is 2. The molecule has 3 aliphatic rings. The third kappa shape index (κ3) is 3.72. The Balaban J connectivity index is 1.44. The fourth-order valence-electron chi connectivity index (χ4n) is 4.56. The van der Waals surface area contributed by atoms with Crippen LogP contribution in [0.5, 0.6) is 23.0 Å². The van der Waals surface area contributed by atoms with Gasteiger partial charge in [0.2, 0.25) is 5.78 Å². The third-order valence-corrected chi connectivity index (χ3v) is 6.18. The van der Waals surface area contributed by atoms with Crippen molar-refractivity contribution in [1.29, 1.82) is 0 Å². The van der Waals surface area contributed by atoms with Gasteiger partial charge >= 0.3 is 0 Å². The molecule has 0 spiro atoms. The van der Waals surface area contributed by atoms with Gasteiger partial charge in [0, 0.05) is 19.7 Å². The molecule has 3 heterocycles.